The lowest BCUT2D eigenvalue weighted by Crippen LogP contribution is -2.31. The summed E-state index contributed by atoms with van der Waals surface area (Å²) < 4.78 is 5.88. The van der Waals surface area contributed by atoms with Gasteiger partial charge in [0.25, 0.3) is 5.91 Å². The van der Waals surface area contributed by atoms with Gasteiger partial charge in [-0.05, 0) is 12.1 Å². The number of ether oxygens (including phenoxy) is 1. The summed E-state index contributed by atoms with van der Waals surface area (Å²) in [6.07, 6.45) is 4.70. The molecule has 1 amide bonds. The van der Waals surface area contributed by atoms with Crippen LogP contribution in [-0.4, -0.2) is 50.3 Å². The second-order valence-corrected chi connectivity index (χ2v) is 4.54. The Hall–Kier alpha value is -3.36. The normalized spacial score (nSPS) is 10.5. The lowest BCUT2D eigenvalue weighted by atomic mass is 10.1. The molecule has 0 atom stereocenters. The molecule has 116 valence electrons. The van der Waals surface area contributed by atoms with E-state index in [0.717, 1.165) is 5.56 Å². The second kappa shape index (κ2) is 6.18. The molecule has 0 radical (unpaired) electrons. The number of methoxy groups -OCH3 is 1. The molecular formula is C14H12N6O3. The molecule has 0 aliphatic heterocycles. The summed E-state index contributed by atoms with van der Waals surface area (Å²) >= 11 is 0. The Kier molecular flexibility index (Phi) is 3.91. The minimum atomic E-state index is -0.545. The molecular weight excluding hydrogens is 300 g/mol. The highest BCUT2D eigenvalue weighted by molar-refractivity contribution is 5.96. The van der Waals surface area contributed by atoms with Crippen LogP contribution in [0.1, 0.15) is 10.5 Å². The summed E-state index contributed by atoms with van der Waals surface area (Å²) in [5.74, 6) is -1.05. The van der Waals surface area contributed by atoms with Gasteiger partial charge in [0.05, 0.1) is 7.11 Å². The molecule has 1 N–H and O–H groups in total. The molecule has 0 saturated heterocycles. The quantitative estimate of drug-likeness (QED) is 0.679. The first-order valence-corrected chi connectivity index (χ1v) is 6.65. The zero-order valence-electron chi connectivity index (χ0n) is 12.1. The number of aromatic nitrogens is 5. The molecule has 0 aliphatic rings. The predicted molar refractivity (Wildman–Crippen MR) is 78.4 cm³/mol. The van der Waals surface area contributed by atoms with Crippen molar-refractivity contribution in [2.75, 3.05) is 13.7 Å². The molecule has 0 unspecified atom stereocenters. The smallest absolute Gasteiger partial charge is 0.325 e. The Balaban J connectivity index is 1.99. The van der Waals surface area contributed by atoms with Gasteiger partial charge in [-0.3, -0.25) is 14.6 Å². The summed E-state index contributed by atoms with van der Waals surface area (Å²) in [5.41, 5.74) is 2.06. The Morgan fingerprint density at radius 3 is 3.00 bits per heavy atom. The fourth-order valence-corrected chi connectivity index (χ4v) is 1.99. The van der Waals surface area contributed by atoms with E-state index in [1.165, 1.54) is 18.0 Å². The van der Waals surface area contributed by atoms with Gasteiger partial charge in [0.1, 0.15) is 18.6 Å². The van der Waals surface area contributed by atoms with Crippen molar-refractivity contribution in [3.8, 4) is 11.1 Å². The van der Waals surface area contributed by atoms with Gasteiger partial charge in [-0.1, -0.05) is 6.07 Å². The zero-order valence-corrected chi connectivity index (χ0v) is 12.1. The Morgan fingerprint density at radius 1 is 1.39 bits per heavy atom. The van der Waals surface area contributed by atoms with Gasteiger partial charge in [-0.2, -0.15) is 9.61 Å². The Labute approximate surface area is 130 Å². The fraction of sp³-hybridized carbons (Fsp3) is 0.143. The number of fused-ring (bicyclic) bond motifs is 1. The minimum absolute atomic E-state index is 0.125. The van der Waals surface area contributed by atoms with Gasteiger partial charge in [0.2, 0.25) is 0 Å². The maximum atomic E-state index is 12.2. The molecule has 3 aromatic rings. The van der Waals surface area contributed by atoms with Crippen molar-refractivity contribution in [2.45, 2.75) is 0 Å². The highest BCUT2D eigenvalue weighted by Crippen LogP contribution is 2.22. The summed E-state index contributed by atoms with van der Waals surface area (Å²) in [7, 11) is 1.25. The lowest BCUT2D eigenvalue weighted by molar-refractivity contribution is -0.139. The first-order chi connectivity index (χ1) is 11.2. The van der Waals surface area contributed by atoms with Crippen molar-refractivity contribution in [1.82, 2.24) is 30.1 Å². The SMILES string of the molecule is COC(=O)CNC(=O)c1cc(-c2cccnc2)c2nncn2n1. The van der Waals surface area contributed by atoms with E-state index in [9.17, 15) is 9.59 Å². The van der Waals surface area contributed by atoms with E-state index in [2.05, 4.69) is 30.3 Å². The number of rotatable bonds is 4. The number of carbonyl (C=O) groups is 2. The van der Waals surface area contributed by atoms with E-state index >= 15 is 0 Å². The van der Waals surface area contributed by atoms with E-state index < -0.39 is 11.9 Å². The molecule has 3 rings (SSSR count). The average Bonchev–Trinajstić information content (AvgIpc) is 3.07. The summed E-state index contributed by atoms with van der Waals surface area (Å²) in [6.45, 7) is -0.237. The molecule has 0 bridgehead atoms. The topological polar surface area (TPSA) is 111 Å². The Morgan fingerprint density at radius 2 is 2.26 bits per heavy atom. The lowest BCUT2D eigenvalue weighted by Gasteiger charge is -2.07. The second-order valence-electron chi connectivity index (χ2n) is 4.54. The van der Waals surface area contributed by atoms with E-state index in [0.29, 0.717) is 11.2 Å². The molecule has 0 aromatic carbocycles. The number of nitrogens with one attached hydrogen (secondary N) is 1. The standard InChI is InChI=1S/C14H12N6O3/c1-23-12(21)7-16-14(22)11-5-10(9-3-2-4-15-6-9)13-18-17-8-20(13)19-11/h2-6,8H,7H2,1H3,(H,16,22). The third kappa shape index (κ3) is 2.98. The first-order valence-electron chi connectivity index (χ1n) is 6.65. The van der Waals surface area contributed by atoms with Gasteiger partial charge in [-0.25, -0.2) is 0 Å². The van der Waals surface area contributed by atoms with Crippen LogP contribution in [0.5, 0.6) is 0 Å². The third-order valence-corrected chi connectivity index (χ3v) is 3.09. The van der Waals surface area contributed by atoms with Crippen LogP contribution in [-0.2, 0) is 9.53 Å². The maximum absolute atomic E-state index is 12.2. The third-order valence-electron chi connectivity index (χ3n) is 3.09. The molecule has 9 heteroatoms. The van der Waals surface area contributed by atoms with Crippen molar-refractivity contribution in [3.05, 3.63) is 42.6 Å². The number of hydrogen-bond acceptors (Lipinski definition) is 7. The highest BCUT2D eigenvalue weighted by Gasteiger charge is 2.15. The van der Waals surface area contributed by atoms with Crippen LogP contribution in [0.25, 0.3) is 16.8 Å². The summed E-state index contributed by atoms with van der Waals surface area (Å²) in [6, 6.07) is 5.19. The van der Waals surface area contributed by atoms with Gasteiger partial charge in [0, 0.05) is 23.5 Å². The van der Waals surface area contributed by atoms with Crippen LogP contribution in [0.15, 0.2) is 36.9 Å². The number of esters is 1. The number of amides is 1. The number of hydrogen-bond donors (Lipinski definition) is 1. The molecule has 23 heavy (non-hydrogen) atoms. The fourth-order valence-electron chi connectivity index (χ4n) is 1.99. The molecule has 0 aliphatic carbocycles. The summed E-state index contributed by atoms with van der Waals surface area (Å²) in [5, 5.41) is 14.4. The number of nitrogens with zero attached hydrogens (tertiary/aromatic N) is 5. The van der Waals surface area contributed by atoms with Crippen LogP contribution in [0.4, 0.5) is 0 Å². The van der Waals surface area contributed by atoms with Gasteiger partial charge >= 0.3 is 5.97 Å². The zero-order chi connectivity index (χ0) is 16.2. The first kappa shape index (κ1) is 14.6. The van der Waals surface area contributed by atoms with Crippen molar-refractivity contribution in [1.29, 1.82) is 0 Å². The molecule has 3 heterocycles. The molecule has 3 aromatic heterocycles. The van der Waals surface area contributed by atoms with Gasteiger partial charge < -0.3 is 10.1 Å². The predicted octanol–water partition coefficient (Wildman–Crippen LogP) is 0.0891. The van der Waals surface area contributed by atoms with Crippen molar-refractivity contribution in [2.24, 2.45) is 0 Å². The van der Waals surface area contributed by atoms with E-state index in [-0.39, 0.29) is 12.2 Å². The monoisotopic (exact) mass is 312 g/mol. The Bertz CT molecular complexity index is 861. The number of pyridine rings is 1. The average molecular weight is 312 g/mol. The van der Waals surface area contributed by atoms with Crippen LogP contribution >= 0.6 is 0 Å². The van der Waals surface area contributed by atoms with Crippen molar-refractivity contribution in [3.63, 3.8) is 0 Å². The van der Waals surface area contributed by atoms with E-state index in [4.69, 9.17) is 0 Å². The minimum Gasteiger partial charge on any atom is -0.468 e. The van der Waals surface area contributed by atoms with Gasteiger partial charge in [-0.15, -0.1) is 10.2 Å². The molecule has 0 spiro atoms. The highest BCUT2D eigenvalue weighted by atomic mass is 16.5. The van der Waals surface area contributed by atoms with Crippen LogP contribution in [0, 0.1) is 0 Å². The van der Waals surface area contributed by atoms with E-state index in [1.54, 1.807) is 24.5 Å². The molecule has 0 saturated carbocycles. The number of carbonyl (C=O) groups excluding carboxylic acids is 2. The van der Waals surface area contributed by atoms with Crippen LogP contribution < -0.4 is 5.32 Å². The maximum Gasteiger partial charge on any atom is 0.325 e. The molecule has 0 fully saturated rings. The van der Waals surface area contributed by atoms with Crippen molar-refractivity contribution >= 4 is 17.5 Å². The molecule has 9 nitrogen and oxygen atoms in total. The largest absolute Gasteiger partial charge is 0.468 e. The van der Waals surface area contributed by atoms with Crippen molar-refractivity contribution < 1.29 is 14.3 Å². The van der Waals surface area contributed by atoms with Gasteiger partial charge in [0.15, 0.2) is 5.65 Å². The van der Waals surface area contributed by atoms with E-state index in [1.807, 2.05) is 6.07 Å². The van der Waals surface area contributed by atoms with Crippen LogP contribution in [0.2, 0.25) is 0 Å². The van der Waals surface area contributed by atoms with Crippen LogP contribution in [0.3, 0.4) is 0 Å². The summed E-state index contributed by atoms with van der Waals surface area (Å²) in [4.78, 5) is 27.3.